The van der Waals surface area contributed by atoms with Gasteiger partial charge >= 0.3 is 0 Å². The average molecular weight is 502 g/mol. The maximum absolute atomic E-state index is 14.0. The number of hydrogen-bond donors (Lipinski definition) is 0. The van der Waals surface area contributed by atoms with Crippen molar-refractivity contribution in [2.75, 3.05) is 0 Å². The summed E-state index contributed by atoms with van der Waals surface area (Å²) in [4.78, 5) is 15.8. The number of ether oxygens (including phenoxy) is 1. The zero-order valence-corrected chi connectivity index (χ0v) is 20.9. The van der Waals surface area contributed by atoms with Crippen LogP contribution in [-0.2, 0) is 13.2 Å². The van der Waals surface area contributed by atoms with Gasteiger partial charge in [0.1, 0.15) is 18.2 Å². The van der Waals surface area contributed by atoms with E-state index in [1.807, 2.05) is 120 Å². The molecule has 0 aliphatic carbocycles. The summed E-state index contributed by atoms with van der Waals surface area (Å²) >= 11 is 0. The number of carbonyl (C=O) groups is 1. The van der Waals surface area contributed by atoms with Gasteiger partial charge in [-0.15, -0.1) is 0 Å². The zero-order chi connectivity index (χ0) is 26.2. The quantitative estimate of drug-likeness (QED) is 0.206. The Bertz CT molecular complexity index is 1400. The normalized spacial score (nSPS) is 10.8. The molecule has 0 saturated carbocycles. The highest BCUT2D eigenvalue weighted by Crippen LogP contribution is 2.32. The van der Waals surface area contributed by atoms with E-state index in [9.17, 15) is 9.18 Å². The van der Waals surface area contributed by atoms with Gasteiger partial charge in [-0.3, -0.25) is 4.79 Å². The fraction of sp³-hybridized carbons (Fsp3) is 0.0882. The Balaban J connectivity index is 1.46. The van der Waals surface area contributed by atoms with E-state index in [2.05, 4.69) is 0 Å². The Hall–Kier alpha value is -4.70. The van der Waals surface area contributed by atoms with Gasteiger partial charge in [0, 0.05) is 12.1 Å². The van der Waals surface area contributed by atoms with E-state index in [0.29, 0.717) is 18.7 Å². The Morgan fingerprint density at radius 2 is 1.16 bits per heavy atom. The summed E-state index contributed by atoms with van der Waals surface area (Å²) in [6.07, 6.45) is 0. The lowest BCUT2D eigenvalue weighted by Gasteiger charge is -2.33. The molecule has 0 aromatic heterocycles. The van der Waals surface area contributed by atoms with E-state index in [4.69, 9.17) is 4.74 Å². The van der Waals surface area contributed by atoms with Gasteiger partial charge in [0.15, 0.2) is 0 Å². The summed E-state index contributed by atoms with van der Waals surface area (Å²) in [6, 6.07) is 43.2. The van der Waals surface area contributed by atoms with Crippen LogP contribution in [0.1, 0.15) is 38.7 Å². The van der Waals surface area contributed by atoms with E-state index in [-0.39, 0.29) is 17.8 Å². The molecule has 0 atom stereocenters. The highest BCUT2D eigenvalue weighted by molar-refractivity contribution is 5.94. The van der Waals surface area contributed by atoms with Crippen LogP contribution in [0.25, 0.3) is 0 Å². The summed E-state index contributed by atoms with van der Waals surface area (Å²) in [7, 11) is 0. The third kappa shape index (κ3) is 6.16. The van der Waals surface area contributed by atoms with Gasteiger partial charge in [-0.2, -0.15) is 0 Å². The van der Waals surface area contributed by atoms with Crippen molar-refractivity contribution in [2.24, 2.45) is 0 Å². The zero-order valence-electron chi connectivity index (χ0n) is 20.9. The van der Waals surface area contributed by atoms with Crippen molar-refractivity contribution in [3.8, 4) is 5.75 Å². The summed E-state index contributed by atoms with van der Waals surface area (Å²) in [5.74, 6) is 0.214. The first-order valence-electron chi connectivity index (χ1n) is 12.6. The van der Waals surface area contributed by atoms with Crippen molar-refractivity contribution in [1.82, 2.24) is 4.90 Å². The first kappa shape index (κ1) is 25.0. The van der Waals surface area contributed by atoms with Crippen LogP contribution in [0.3, 0.4) is 0 Å². The molecule has 0 radical (unpaired) electrons. The molecule has 5 rings (SSSR count). The number of rotatable bonds is 9. The maximum atomic E-state index is 14.0. The minimum Gasteiger partial charge on any atom is -0.489 e. The second kappa shape index (κ2) is 12.0. The fourth-order valence-electron chi connectivity index (χ4n) is 4.49. The molecule has 0 heterocycles. The Kier molecular flexibility index (Phi) is 7.90. The molecule has 38 heavy (non-hydrogen) atoms. The van der Waals surface area contributed by atoms with Crippen LogP contribution in [0.15, 0.2) is 140 Å². The lowest BCUT2D eigenvalue weighted by Crippen LogP contribution is -2.35. The standard InChI is InChI=1S/C34H28FNO2/c35-31-20-18-30(19-21-31)34(37)36(33(28-12-6-2-7-13-28)29-14-8-3-9-15-29)24-26-16-22-32(23-17-26)38-25-27-10-4-1-5-11-27/h1-23,33H,24-25H2. The van der Waals surface area contributed by atoms with E-state index in [1.165, 1.54) is 24.3 Å². The molecule has 0 fully saturated rings. The number of carbonyl (C=O) groups excluding carboxylic acids is 1. The molecular formula is C34H28FNO2. The first-order chi connectivity index (χ1) is 18.7. The monoisotopic (exact) mass is 501 g/mol. The van der Waals surface area contributed by atoms with E-state index in [0.717, 1.165) is 28.0 Å². The van der Waals surface area contributed by atoms with E-state index < -0.39 is 0 Å². The summed E-state index contributed by atoms with van der Waals surface area (Å²) in [6.45, 7) is 0.850. The minimum atomic E-state index is -0.373. The van der Waals surface area contributed by atoms with Gasteiger partial charge in [-0.1, -0.05) is 103 Å². The molecule has 0 spiro atoms. The summed E-state index contributed by atoms with van der Waals surface area (Å²) in [5.41, 5.74) is 4.49. The molecule has 1 amide bonds. The van der Waals surface area contributed by atoms with Crippen molar-refractivity contribution in [1.29, 1.82) is 0 Å². The molecule has 0 saturated heterocycles. The number of amides is 1. The fourth-order valence-corrected chi connectivity index (χ4v) is 4.49. The molecule has 3 nitrogen and oxygen atoms in total. The lowest BCUT2D eigenvalue weighted by atomic mass is 9.95. The van der Waals surface area contributed by atoms with Crippen LogP contribution in [0.5, 0.6) is 5.75 Å². The van der Waals surface area contributed by atoms with Gasteiger partial charge < -0.3 is 9.64 Å². The van der Waals surface area contributed by atoms with Crippen LogP contribution in [0, 0.1) is 5.82 Å². The maximum Gasteiger partial charge on any atom is 0.254 e. The van der Waals surface area contributed by atoms with Crippen LogP contribution < -0.4 is 4.74 Å². The van der Waals surface area contributed by atoms with E-state index in [1.54, 1.807) is 0 Å². The molecule has 0 aliphatic heterocycles. The van der Waals surface area contributed by atoms with Gasteiger partial charge in [0.25, 0.3) is 5.91 Å². The Morgan fingerprint density at radius 3 is 1.71 bits per heavy atom. The van der Waals surface area contributed by atoms with Crippen molar-refractivity contribution < 1.29 is 13.9 Å². The molecular weight excluding hydrogens is 473 g/mol. The Labute approximate surface area is 222 Å². The molecule has 0 bridgehead atoms. The lowest BCUT2D eigenvalue weighted by molar-refractivity contribution is 0.0690. The summed E-state index contributed by atoms with van der Waals surface area (Å²) in [5, 5.41) is 0. The molecule has 0 unspecified atom stereocenters. The highest BCUT2D eigenvalue weighted by atomic mass is 19.1. The third-order valence-electron chi connectivity index (χ3n) is 6.42. The first-order valence-corrected chi connectivity index (χ1v) is 12.6. The van der Waals surface area contributed by atoms with Crippen molar-refractivity contribution in [3.05, 3.63) is 173 Å². The van der Waals surface area contributed by atoms with Gasteiger partial charge in [-0.25, -0.2) is 4.39 Å². The second-order valence-corrected chi connectivity index (χ2v) is 9.08. The average Bonchev–Trinajstić information content (AvgIpc) is 2.98. The van der Waals surface area contributed by atoms with Crippen LogP contribution >= 0.6 is 0 Å². The van der Waals surface area contributed by atoms with Crippen LogP contribution in [0.2, 0.25) is 0 Å². The Morgan fingerprint density at radius 1 is 0.632 bits per heavy atom. The van der Waals surface area contributed by atoms with Gasteiger partial charge in [-0.05, 0) is 58.7 Å². The predicted molar refractivity (Wildman–Crippen MR) is 148 cm³/mol. The van der Waals surface area contributed by atoms with Gasteiger partial charge in [0.05, 0.1) is 6.04 Å². The molecule has 0 N–H and O–H groups in total. The SMILES string of the molecule is O=C(c1ccc(F)cc1)N(Cc1ccc(OCc2ccccc2)cc1)C(c1ccccc1)c1ccccc1. The van der Waals surface area contributed by atoms with Crippen molar-refractivity contribution in [2.45, 2.75) is 19.2 Å². The minimum absolute atomic E-state index is 0.174. The predicted octanol–water partition coefficient (Wildman–Crippen LogP) is 7.84. The molecule has 188 valence electrons. The molecule has 4 heteroatoms. The smallest absolute Gasteiger partial charge is 0.254 e. The molecule has 0 aliphatic rings. The number of nitrogens with zero attached hydrogens (tertiary/aromatic N) is 1. The largest absolute Gasteiger partial charge is 0.489 e. The summed E-state index contributed by atoms with van der Waals surface area (Å²) < 4.78 is 19.6. The third-order valence-corrected chi connectivity index (χ3v) is 6.42. The molecule has 5 aromatic rings. The van der Waals surface area contributed by atoms with Crippen molar-refractivity contribution >= 4 is 5.91 Å². The van der Waals surface area contributed by atoms with Gasteiger partial charge in [0.2, 0.25) is 0 Å². The van der Waals surface area contributed by atoms with Crippen LogP contribution in [-0.4, -0.2) is 10.8 Å². The topological polar surface area (TPSA) is 29.5 Å². The number of benzene rings is 5. The van der Waals surface area contributed by atoms with Crippen LogP contribution in [0.4, 0.5) is 4.39 Å². The van der Waals surface area contributed by atoms with E-state index >= 15 is 0 Å². The second-order valence-electron chi connectivity index (χ2n) is 9.08. The molecule has 5 aromatic carbocycles. The highest BCUT2D eigenvalue weighted by Gasteiger charge is 2.28. The number of halogens is 1. The number of hydrogen-bond acceptors (Lipinski definition) is 2. The van der Waals surface area contributed by atoms with Crippen molar-refractivity contribution in [3.63, 3.8) is 0 Å².